The Kier molecular flexibility index (Phi) is 24.3. The molecule has 2 N–H and O–H groups in total. The summed E-state index contributed by atoms with van der Waals surface area (Å²) in [6.45, 7) is 6.35. The molecular weight excluding hydrogens is 392 g/mol. The summed E-state index contributed by atoms with van der Waals surface area (Å²) in [6.07, 6.45) is 11.6. The molecule has 0 saturated heterocycles. The van der Waals surface area contributed by atoms with Crippen molar-refractivity contribution in [1.29, 1.82) is 0 Å². The van der Waals surface area contributed by atoms with Gasteiger partial charge in [0.05, 0.1) is 13.2 Å². The van der Waals surface area contributed by atoms with Crippen LogP contribution in [0, 0.1) is 35.5 Å². The zero-order valence-corrected chi connectivity index (χ0v) is 20.0. The molecule has 0 radical (unpaired) electrons. The fraction of sp³-hybridized carbons (Fsp3) is 0.846. The first-order chi connectivity index (χ1) is 15.3. The van der Waals surface area contributed by atoms with Gasteiger partial charge in [-0.05, 0) is 51.4 Å². The smallest absolute Gasteiger partial charge is 0.149 e. The topological polar surface area (TPSA) is 68.2 Å². The van der Waals surface area contributed by atoms with Crippen molar-refractivity contribution >= 4 is 0 Å². The lowest BCUT2D eigenvalue weighted by atomic mass is 10.0. The van der Waals surface area contributed by atoms with Crippen LogP contribution in [0.2, 0.25) is 0 Å². The second-order valence-electron chi connectivity index (χ2n) is 7.81. The second-order valence-corrected chi connectivity index (χ2v) is 7.81. The lowest BCUT2D eigenvalue weighted by molar-refractivity contribution is -0.132. The highest BCUT2D eigenvalue weighted by atomic mass is 16.7. The van der Waals surface area contributed by atoms with Crippen LogP contribution < -0.4 is 0 Å². The fourth-order valence-corrected chi connectivity index (χ4v) is 2.94. The third kappa shape index (κ3) is 21.9. The Bertz CT molecular complexity index is 441. The van der Waals surface area contributed by atoms with E-state index < -0.39 is 0 Å². The van der Waals surface area contributed by atoms with E-state index in [0.29, 0.717) is 13.2 Å². The lowest BCUT2D eigenvalue weighted by Gasteiger charge is -2.12. The van der Waals surface area contributed by atoms with E-state index in [-0.39, 0.29) is 38.6 Å². The van der Waals surface area contributed by atoms with E-state index in [1.54, 1.807) is 0 Å². The minimum absolute atomic E-state index is 0.208. The van der Waals surface area contributed by atoms with Gasteiger partial charge >= 0.3 is 0 Å². The summed E-state index contributed by atoms with van der Waals surface area (Å²) in [5.41, 5.74) is 0. The zero-order chi connectivity index (χ0) is 22.8. The lowest BCUT2D eigenvalue weighted by Crippen LogP contribution is -2.10. The van der Waals surface area contributed by atoms with E-state index in [0.717, 1.165) is 77.0 Å². The Morgan fingerprint density at radius 2 is 1.06 bits per heavy atom. The van der Waals surface area contributed by atoms with Crippen molar-refractivity contribution in [3.05, 3.63) is 0 Å². The van der Waals surface area contributed by atoms with Crippen LogP contribution in [0.1, 0.15) is 90.9 Å². The molecule has 180 valence electrons. The van der Waals surface area contributed by atoms with Crippen LogP contribution in [-0.2, 0) is 14.2 Å². The number of unbranched alkanes of at least 4 members (excludes halogenated alkanes) is 4. The van der Waals surface area contributed by atoms with Crippen LogP contribution in [0.5, 0.6) is 0 Å². The van der Waals surface area contributed by atoms with Crippen LogP contribution in [-0.4, -0.2) is 50.2 Å². The van der Waals surface area contributed by atoms with Crippen molar-refractivity contribution in [1.82, 2.24) is 0 Å². The molecule has 5 nitrogen and oxygen atoms in total. The normalized spacial score (nSPS) is 12.5. The van der Waals surface area contributed by atoms with Gasteiger partial charge in [0, 0.05) is 37.9 Å². The summed E-state index contributed by atoms with van der Waals surface area (Å²) in [4.78, 5) is 0. The van der Waals surface area contributed by atoms with Gasteiger partial charge in [-0.1, -0.05) is 38.5 Å². The van der Waals surface area contributed by atoms with Gasteiger partial charge in [0.1, 0.15) is 13.6 Å². The average molecular weight is 439 g/mol. The highest BCUT2D eigenvalue weighted by molar-refractivity contribution is 5.04. The number of hydrogen-bond donors (Lipinski definition) is 2. The van der Waals surface area contributed by atoms with Crippen LogP contribution >= 0.6 is 0 Å². The van der Waals surface area contributed by atoms with E-state index in [4.69, 9.17) is 24.4 Å². The van der Waals surface area contributed by atoms with Gasteiger partial charge in [-0.3, -0.25) is 0 Å². The minimum atomic E-state index is 0.208. The van der Waals surface area contributed by atoms with Crippen molar-refractivity contribution < 1.29 is 24.4 Å². The van der Waals surface area contributed by atoms with Crippen LogP contribution in [0.15, 0.2) is 0 Å². The van der Waals surface area contributed by atoms with E-state index in [1.165, 1.54) is 0 Å². The van der Waals surface area contributed by atoms with Crippen molar-refractivity contribution in [2.24, 2.45) is 11.8 Å². The summed E-state index contributed by atoms with van der Waals surface area (Å²) in [7, 11) is 0. The predicted octanol–water partition coefficient (Wildman–Crippen LogP) is 4.90. The van der Waals surface area contributed by atoms with Gasteiger partial charge in [0.2, 0.25) is 0 Å². The molecule has 0 bridgehead atoms. The highest BCUT2D eigenvalue weighted by Gasteiger charge is 2.06. The number of ether oxygens (including phenoxy) is 3. The quantitative estimate of drug-likeness (QED) is 0.161. The maximum atomic E-state index is 9.05. The molecule has 2 atom stereocenters. The van der Waals surface area contributed by atoms with Crippen molar-refractivity contribution in [3.63, 3.8) is 0 Å². The Morgan fingerprint density at radius 3 is 1.45 bits per heavy atom. The zero-order valence-electron chi connectivity index (χ0n) is 20.0. The van der Waals surface area contributed by atoms with E-state index in [2.05, 4.69) is 37.5 Å². The molecule has 0 amide bonds. The molecule has 2 unspecified atom stereocenters. The Balaban J connectivity index is 3.87. The molecule has 0 aromatic rings. The Morgan fingerprint density at radius 1 is 0.613 bits per heavy atom. The Labute approximate surface area is 191 Å². The molecule has 0 saturated carbocycles. The molecule has 0 rings (SSSR count). The first kappa shape index (κ1) is 29.9. The minimum Gasteiger partial charge on any atom is -0.396 e. The van der Waals surface area contributed by atoms with Gasteiger partial charge in [-0.25, -0.2) is 0 Å². The molecule has 0 aliphatic rings. The van der Waals surface area contributed by atoms with Crippen LogP contribution in [0.4, 0.5) is 0 Å². The average Bonchev–Trinajstić information content (AvgIpc) is 2.78. The maximum Gasteiger partial charge on any atom is 0.149 e. The van der Waals surface area contributed by atoms with E-state index in [1.807, 2.05) is 0 Å². The third-order valence-electron chi connectivity index (χ3n) is 4.90. The largest absolute Gasteiger partial charge is 0.396 e. The molecule has 0 heterocycles. The van der Waals surface area contributed by atoms with Gasteiger partial charge < -0.3 is 24.4 Å². The maximum absolute atomic E-state index is 9.05. The molecule has 0 spiro atoms. The van der Waals surface area contributed by atoms with Gasteiger partial charge in [0.25, 0.3) is 0 Å². The van der Waals surface area contributed by atoms with Gasteiger partial charge in [-0.15, -0.1) is 11.8 Å². The molecule has 0 aliphatic carbocycles. The van der Waals surface area contributed by atoms with Gasteiger partial charge in [0.15, 0.2) is 0 Å². The molecule has 5 heteroatoms. The molecule has 0 aromatic heterocycles. The number of aliphatic hydroxyl groups excluding tert-OH is 2. The summed E-state index contributed by atoms with van der Waals surface area (Å²) in [5, 5.41) is 18.1. The van der Waals surface area contributed by atoms with E-state index in [9.17, 15) is 0 Å². The molecule has 0 aromatic carbocycles. The highest BCUT2D eigenvalue weighted by Crippen LogP contribution is 2.12. The van der Waals surface area contributed by atoms with Crippen molar-refractivity contribution in [2.75, 3.05) is 40.0 Å². The Hall–Kier alpha value is -1.08. The monoisotopic (exact) mass is 438 g/mol. The summed E-state index contributed by atoms with van der Waals surface area (Å²) >= 11 is 0. The molecule has 0 fully saturated rings. The number of hydrogen-bond acceptors (Lipinski definition) is 5. The standard InChI is InChI=1S/C26H46O5/c1-3-5-7-9-13-25(15-11-19-27)17-21-29-23-31-24-30-22-18-26(16-12-20-28)14-10-8-6-4-2/h25-28H,3-8,11-12,15-24H2,1-2H3. The number of aliphatic hydroxyl groups is 2. The molecule has 0 aliphatic heterocycles. The SMILES string of the molecule is CCCCC#CC(CCCO)CCOCOCOCCC(C#CCCCC)CCCO. The first-order valence-electron chi connectivity index (χ1n) is 12.2. The molecule has 31 heavy (non-hydrogen) atoms. The second kappa shape index (κ2) is 25.2. The molecular formula is C26H46O5. The van der Waals surface area contributed by atoms with Crippen LogP contribution in [0.25, 0.3) is 0 Å². The van der Waals surface area contributed by atoms with Crippen molar-refractivity contribution in [3.8, 4) is 23.7 Å². The van der Waals surface area contributed by atoms with E-state index >= 15 is 0 Å². The summed E-state index contributed by atoms with van der Waals surface area (Å²) in [5.74, 6) is 13.7. The number of rotatable bonds is 20. The summed E-state index contributed by atoms with van der Waals surface area (Å²) < 4.78 is 16.5. The predicted molar refractivity (Wildman–Crippen MR) is 126 cm³/mol. The summed E-state index contributed by atoms with van der Waals surface area (Å²) in [6, 6.07) is 0. The fourth-order valence-electron chi connectivity index (χ4n) is 2.94. The third-order valence-corrected chi connectivity index (χ3v) is 4.90. The first-order valence-corrected chi connectivity index (χ1v) is 12.2. The van der Waals surface area contributed by atoms with Crippen molar-refractivity contribution in [2.45, 2.75) is 90.9 Å². The van der Waals surface area contributed by atoms with Crippen LogP contribution in [0.3, 0.4) is 0 Å². The van der Waals surface area contributed by atoms with Gasteiger partial charge in [-0.2, -0.15) is 0 Å².